The number of carbonyl (C=O) groups is 1. The minimum Gasteiger partial charge on any atom is -0.339 e. The Labute approximate surface area is 170 Å². The minimum absolute atomic E-state index is 0.0372. The minimum atomic E-state index is -0.354. The zero-order chi connectivity index (χ0) is 19.8. The molecule has 5 nitrogen and oxygen atoms in total. The Hall–Kier alpha value is -2.54. The third-order valence-electron chi connectivity index (χ3n) is 4.94. The molecule has 7 heteroatoms. The fourth-order valence-corrected chi connectivity index (χ4v) is 3.71. The predicted octanol–water partition coefficient (Wildman–Crippen LogP) is 5.28. The van der Waals surface area contributed by atoms with Crippen LogP contribution >= 0.6 is 15.9 Å². The molecule has 0 saturated carbocycles. The van der Waals surface area contributed by atoms with E-state index in [-0.39, 0.29) is 17.6 Å². The van der Waals surface area contributed by atoms with E-state index in [4.69, 9.17) is 4.52 Å². The molecule has 0 radical (unpaired) electrons. The molecule has 1 aliphatic heterocycles. The van der Waals surface area contributed by atoms with Crippen molar-refractivity contribution in [3.63, 3.8) is 0 Å². The van der Waals surface area contributed by atoms with Crippen molar-refractivity contribution in [3.8, 4) is 11.4 Å². The van der Waals surface area contributed by atoms with Crippen molar-refractivity contribution < 1.29 is 13.7 Å². The van der Waals surface area contributed by atoms with Crippen LogP contribution in [0.15, 0.2) is 51.5 Å². The highest BCUT2D eigenvalue weighted by Crippen LogP contribution is 2.33. The Morgan fingerprint density at radius 1 is 1.25 bits per heavy atom. The van der Waals surface area contributed by atoms with E-state index in [9.17, 15) is 9.18 Å². The third-order valence-corrected chi connectivity index (χ3v) is 5.55. The second kappa shape index (κ2) is 7.47. The molecule has 1 atom stereocenters. The number of carbonyl (C=O) groups excluding carboxylic acids is 1. The van der Waals surface area contributed by atoms with Gasteiger partial charge in [-0.2, -0.15) is 4.98 Å². The van der Waals surface area contributed by atoms with Gasteiger partial charge in [0.2, 0.25) is 17.6 Å². The van der Waals surface area contributed by atoms with E-state index in [1.54, 1.807) is 17.0 Å². The second-order valence-electron chi connectivity index (χ2n) is 7.24. The molecule has 1 saturated heterocycles. The molecule has 0 N–H and O–H groups in total. The van der Waals surface area contributed by atoms with Crippen LogP contribution in [0.5, 0.6) is 0 Å². The number of benzene rings is 2. The molecule has 1 fully saturated rings. The molecule has 0 spiro atoms. The van der Waals surface area contributed by atoms with Crippen molar-refractivity contribution in [1.29, 1.82) is 0 Å². The first-order chi connectivity index (χ1) is 13.4. The van der Waals surface area contributed by atoms with Crippen molar-refractivity contribution in [2.75, 3.05) is 11.4 Å². The summed E-state index contributed by atoms with van der Waals surface area (Å²) in [6.07, 6.45) is 0.320. The molecule has 28 heavy (non-hydrogen) atoms. The van der Waals surface area contributed by atoms with Gasteiger partial charge in [-0.25, -0.2) is 4.39 Å². The SMILES string of the molecule is CC(C)c1cccc(N2CC(c3nc(-c4ccc(F)c(Br)c4)no3)CC2=O)c1. The standard InChI is InChI=1S/C21H19BrFN3O2/c1-12(2)13-4-3-5-16(8-13)26-11-15(10-19(26)27)21-24-20(25-28-21)14-6-7-18(23)17(22)9-14/h3-9,12,15H,10-11H2,1-2H3. The summed E-state index contributed by atoms with van der Waals surface area (Å²) in [5, 5.41) is 4.00. The number of hydrogen-bond donors (Lipinski definition) is 0. The fourth-order valence-electron chi connectivity index (χ4n) is 3.33. The van der Waals surface area contributed by atoms with Crippen LogP contribution in [0, 0.1) is 5.82 Å². The number of amides is 1. The summed E-state index contributed by atoms with van der Waals surface area (Å²) in [7, 11) is 0. The molecule has 2 aromatic carbocycles. The highest BCUT2D eigenvalue weighted by molar-refractivity contribution is 9.10. The smallest absolute Gasteiger partial charge is 0.232 e. The second-order valence-corrected chi connectivity index (χ2v) is 8.09. The first-order valence-corrected chi connectivity index (χ1v) is 9.91. The first kappa shape index (κ1) is 18.8. The molecule has 0 aliphatic carbocycles. The van der Waals surface area contributed by atoms with Crippen molar-refractivity contribution in [1.82, 2.24) is 10.1 Å². The van der Waals surface area contributed by atoms with Crippen LogP contribution in [0.1, 0.15) is 43.6 Å². The van der Waals surface area contributed by atoms with Crippen LogP contribution in [0.25, 0.3) is 11.4 Å². The lowest BCUT2D eigenvalue weighted by Gasteiger charge is -2.18. The van der Waals surface area contributed by atoms with Crippen molar-refractivity contribution in [3.05, 3.63) is 64.2 Å². The summed E-state index contributed by atoms with van der Waals surface area (Å²) >= 11 is 3.16. The maximum Gasteiger partial charge on any atom is 0.232 e. The van der Waals surface area contributed by atoms with Crippen molar-refractivity contribution >= 4 is 27.5 Å². The van der Waals surface area contributed by atoms with Crippen LogP contribution in [0.4, 0.5) is 10.1 Å². The van der Waals surface area contributed by atoms with Gasteiger partial charge in [0.1, 0.15) is 5.82 Å². The molecule has 1 aromatic heterocycles. The fraction of sp³-hybridized carbons (Fsp3) is 0.286. The zero-order valence-electron chi connectivity index (χ0n) is 15.5. The summed E-state index contributed by atoms with van der Waals surface area (Å²) in [6, 6.07) is 12.6. The Bertz CT molecular complexity index is 1030. The van der Waals surface area contributed by atoms with E-state index >= 15 is 0 Å². The van der Waals surface area contributed by atoms with Gasteiger partial charge in [0.15, 0.2) is 0 Å². The van der Waals surface area contributed by atoms with Crippen LogP contribution < -0.4 is 4.90 Å². The summed E-state index contributed by atoms with van der Waals surface area (Å²) in [5.41, 5.74) is 2.73. The van der Waals surface area contributed by atoms with E-state index in [0.717, 1.165) is 5.69 Å². The van der Waals surface area contributed by atoms with Gasteiger partial charge < -0.3 is 9.42 Å². The van der Waals surface area contributed by atoms with Gasteiger partial charge in [-0.05, 0) is 57.7 Å². The predicted molar refractivity (Wildman–Crippen MR) is 108 cm³/mol. The van der Waals surface area contributed by atoms with Crippen molar-refractivity contribution in [2.24, 2.45) is 0 Å². The molecule has 2 heterocycles. The average molecular weight is 444 g/mol. The quantitative estimate of drug-likeness (QED) is 0.549. The summed E-state index contributed by atoms with van der Waals surface area (Å²) in [4.78, 5) is 18.8. The molecule has 0 bridgehead atoms. The highest BCUT2D eigenvalue weighted by atomic mass is 79.9. The van der Waals surface area contributed by atoms with E-state index < -0.39 is 0 Å². The summed E-state index contributed by atoms with van der Waals surface area (Å²) in [5.74, 6) is 0.709. The third kappa shape index (κ3) is 3.58. The molecule has 1 aliphatic rings. The maximum absolute atomic E-state index is 13.4. The monoisotopic (exact) mass is 443 g/mol. The molecular formula is C21H19BrFN3O2. The molecule has 1 unspecified atom stereocenters. The topological polar surface area (TPSA) is 59.2 Å². The first-order valence-electron chi connectivity index (χ1n) is 9.11. The molecule has 1 amide bonds. The average Bonchev–Trinajstić information content (AvgIpc) is 3.31. The van der Waals surface area contributed by atoms with E-state index in [0.29, 0.717) is 40.6 Å². The van der Waals surface area contributed by atoms with E-state index in [1.165, 1.54) is 11.6 Å². The lowest BCUT2D eigenvalue weighted by atomic mass is 10.0. The van der Waals surface area contributed by atoms with E-state index in [1.807, 2.05) is 12.1 Å². The van der Waals surface area contributed by atoms with Gasteiger partial charge in [-0.1, -0.05) is 31.1 Å². The Balaban J connectivity index is 1.55. The summed E-state index contributed by atoms with van der Waals surface area (Å²) in [6.45, 7) is 4.75. The van der Waals surface area contributed by atoms with Gasteiger partial charge >= 0.3 is 0 Å². The lowest BCUT2D eigenvalue weighted by molar-refractivity contribution is -0.117. The molecular weight excluding hydrogens is 425 g/mol. The van der Waals surface area contributed by atoms with Crippen LogP contribution in [0.2, 0.25) is 0 Å². The summed E-state index contributed by atoms with van der Waals surface area (Å²) < 4.78 is 19.2. The normalized spacial score (nSPS) is 17.0. The van der Waals surface area contributed by atoms with Gasteiger partial charge in [0, 0.05) is 24.2 Å². The molecule has 4 rings (SSSR count). The Morgan fingerprint density at radius 3 is 2.82 bits per heavy atom. The number of rotatable bonds is 4. The maximum atomic E-state index is 13.4. The largest absolute Gasteiger partial charge is 0.339 e. The van der Waals surface area contributed by atoms with Gasteiger partial charge in [-0.3, -0.25) is 4.79 Å². The number of halogens is 2. The zero-order valence-corrected chi connectivity index (χ0v) is 17.1. The highest BCUT2D eigenvalue weighted by Gasteiger charge is 2.35. The van der Waals surface area contributed by atoms with Gasteiger partial charge in [0.25, 0.3) is 0 Å². The van der Waals surface area contributed by atoms with Gasteiger partial charge in [-0.15, -0.1) is 0 Å². The van der Waals surface area contributed by atoms with Crippen LogP contribution in [-0.4, -0.2) is 22.6 Å². The van der Waals surface area contributed by atoms with Crippen molar-refractivity contribution in [2.45, 2.75) is 32.1 Å². The van der Waals surface area contributed by atoms with Gasteiger partial charge in [0.05, 0.1) is 10.4 Å². The number of aromatic nitrogens is 2. The lowest BCUT2D eigenvalue weighted by Crippen LogP contribution is -2.24. The molecule has 144 valence electrons. The van der Waals surface area contributed by atoms with E-state index in [2.05, 4.69) is 52.1 Å². The Morgan fingerprint density at radius 2 is 2.07 bits per heavy atom. The van der Waals surface area contributed by atoms with Crippen LogP contribution in [0.3, 0.4) is 0 Å². The number of nitrogens with zero attached hydrogens (tertiary/aromatic N) is 3. The number of anilines is 1. The number of hydrogen-bond acceptors (Lipinski definition) is 4. The Kier molecular flexibility index (Phi) is 5.02. The van der Waals surface area contributed by atoms with Crippen LogP contribution in [-0.2, 0) is 4.79 Å². The molecule has 3 aromatic rings.